The van der Waals surface area contributed by atoms with Gasteiger partial charge in [0.2, 0.25) is 5.91 Å². The van der Waals surface area contributed by atoms with Crippen LogP contribution in [0.4, 0.5) is 5.69 Å². The number of ether oxygens (including phenoxy) is 2. The third-order valence-corrected chi connectivity index (χ3v) is 7.70. The van der Waals surface area contributed by atoms with Gasteiger partial charge in [0.15, 0.2) is 0 Å². The van der Waals surface area contributed by atoms with E-state index in [1.807, 2.05) is 0 Å². The third kappa shape index (κ3) is 4.42. The van der Waals surface area contributed by atoms with E-state index < -0.39 is 15.9 Å². The highest BCUT2D eigenvalue weighted by Crippen LogP contribution is 2.29. The van der Waals surface area contributed by atoms with Crippen molar-refractivity contribution < 1.29 is 22.7 Å². The molecule has 0 aliphatic carbocycles. The number of sulfonamides is 1. The Balaban J connectivity index is 1.72. The maximum Gasteiger partial charge on any atom is 0.252 e. The first kappa shape index (κ1) is 19.7. The fraction of sp³-hybridized carbons (Fsp3) is 0.389. The molecule has 0 radical (unpaired) electrons. The molecule has 1 unspecified atom stereocenters. The van der Waals surface area contributed by atoms with Gasteiger partial charge in [-0.05, 0) is 24.3 Å². The van der Waals surface area contributed by atoms with Gasteiger partial charge in [-0.25, -0.2) is 8.42 Å². The molecule has 1 N–H and O–H groups in total. The van der Waals surface area contributed by atoms with Crippen LogP contribution >= 0.6 is 11.3 Å². The van der Waals surface area contributed by atoms with Crippen molar-refractivity contribution in [3.8, 4) is 11.5 Å². The van der Waals surface area contributed by atoms with Crippen molar-refractivity contribution in [2.24, 2.45) is 5.92 Å². The number of benzene rings is 1. The molecular formula is C18H22N2O5S2. The smallest absolute Gasteiger partial charge is 0.252 e. The molecule has 1 aliphatic heterocycles. The average molecular weight is 411 g/mol. The van der Waals surface area contributed by atoms with Gasteiger partial charge in [-0.2, -0.15) is 4.31 Å². The zero-order valence-electron chi connectivity index (χ0n) is 15.2. The summed E-state index contributed by atoms with van der Waals surface area (Å²) in [5, 5.41) is 4.58. The highest BCUT2D eigenvalue weighted by atomic mass is 32.2. The molecule has 2 aromatic rings. The third-order valence-electron chi connectivity index (χ3n) is 4.46. The predicted octanol–water partition coefficient (Wildman–Crippen LogP) is 2.80. The van der Waals surface area contributed by atoms with Crippen LogP contribution < -0.4 is 14.8 Å². The molecule has 1 aromatic carbocycles. The van der Waals surface area contributed by atoms with Crippen molar-refractivity contribution in [1.29, 1.82) is 0 Å². The van der Waals surface area contributed by atoms with Gasteiger partial charge in [0.05, 0.1) is 20.1 Å². The number of hydrogen-bond donors (Lipinski definition) is 1. The number of hydrogen-bond acceptors (Lipinski definition) is 6. The summed E-state index contributed by atoms with van der Waals surface area (Å²) in [7, 11) is -0.474. The Morgan fingerprint density at radius 2 is 1.93 bits per heavy atom. The topological polar surface area (TPSA) is 84.9 Å². The van der Waals surface area contributed by atoms with Gasteiger partial charge in [0, 0.05) is 37.0 Å². The Morgan fingerprint density at radius 3 is 2.52 bits per heavy atom. The van der Waals surface area contributed by atoms with E-state index in [0.29, 0.717) is 40.8 Å². The standard InChI is InChI=1S/C18H22N2O5S2/c1-24-15-9-14(10-16(11-15)25-2)19-18(21)13-5-3-7-20(12-13)27(22,23)17-6-4-8-26-17/h4,6,8-11,13H,3,5,7,12H2,1-2H3,(H,19,21). The maximum atomic E-state index is 12.7. The van der Waals surface area contributed by atoms with Crippen LogP contribution in [0.5, 0.6) is 11.5 Å². The first-order valence-electron chi connectivity index (χ1n) is 8.51. The number of carbonyl (C=O) groups is 1. The first-order valence-corrected chi connectivity index (χ1v) is 10.8. The summed E-state index contributed by atoms with van der Waals surface area (Å²) in [5.41, 5.74) is 0.550. The molecule has 9 heteroatoms. The Labute approximate surface area is 163 Å². The largest absolute Gasteiger partial charge is 0.497 e. The predicted molar refractivity (Wildman–Crippen MR) is 104 cm³/mol. The molecule has 7 nitrogen and oxygen atoms in total. The molecule has 1 aliphatic rings. The second-order valence-electron chi connectivity index (χ2n) is 6.22. The zero-order chi connectivity index (χ0) is 19.4. The van der Waals surface area contributed by atoms with Crippen LogP contribution in [-0.2, 0) is 14.8 Å². The Kier molecular flexibility index (Phi) is 6.03. The minimum absolute atomic E-state index is 0.174. The van der Waals surface area contributed by atoms with Crippen molar-refractivity contribution in [1.82, 2.24) is 4.31 Å². The summed E-state index contributed by atoms with van der Waals surface area (Å²) >= 11 is 1.19. The number of carbonyl (C=O) groups excluding carboxylic acids is 1. The Bertz CT molecular complexity index is 874. The quantitative estimate of drug-likeness (QED) is 0.792. The van der Waals surface area contributed by atoms with Crippen LogP contribution in [0.2, 0.25) is 0 Å². The summed E-state index contributed by atoms with van der Waals surface area (Å²) < 4.78 is 37.6. The normalized spacial score (nSPS) is 18.1. The number of anilines is 1. The van der Waals surface area contributed by atoms with E-state index in [0.717, 1.165) is 0 Å². The molecular weight excluding hydrogens is 388 g/mol. The van der Waals surface area contributed by atoms with Crippen LogP contribution in [0.3, 0.4) is 0 Å². The highest BCUT2D eigenvalue weighted by Gasteiger charge is 2.33. The molecule has 3 rings (SSSR count). The number of rotatable bonds is 6. The average Bonchev–Trinajstić information content (AvgIpc) is 3.23. The van der Waals surface area contributed by atoms with Crippen LogP contribution in [0.1, 0.15) is 12.8 Å². The van der Waals surface area contributed by atoms with Gasteiger partial charge < -0.3 is 14.8 Å². The summed E-state index contributed by atoms with van der Waals surface area (Å²) in [6.45, 7) is 0.601. The number of thiophene rings is 1. The SMILES string of the molecule is COc1cc(NC(=O)C2CCCN(S(=O)(=O)c3cccs3)C2)cc(OC)c1. The van der Waals surface area contributed by atoms with Crippen LogP contribution in [-0.4, -0.2) is 45.9 Å². The minimum atomic E-state index is -3.55. The number of nitrogens with one attached hydrogen (secondary N) is 1. The molecule has 0 saturated carbocycles. The summed E-state index contributed by atoms with van der Waals surface area (Å²) in [4.78, 5) is 12.7. The van der Waals surface area contributed by atoms with Gasteiger partial charge >= 0.3 is 0 Å². The van der Waals surface area contributed by atoms with Crippen LogP contribution in [0.15, 0.2) is 39.9 Å². The lowest BCUT2D eigenvalue weighted by Crippen LogP contribution is -2.43. The van der Waals surface area contributed by atoms with E-state index >= 15 is 0 Å². The van der Waals surface area contributed by atoms with Crippen molar-refractivity contribution in [2.75, 3.05) is 32.6 Å². The van der Waals surface area contributed by atoms with E-state index in [-0.39, 0.29) is 12.5 Å². The molecule has 0 bridgehead atoms. The van der Waals surface area contributed by atoms with Gasteiger partial charge in [-0.15, -0.1) is 11.3 Å². The first-order chi connectivity index (χ1) is 12.9. The van der Waals surface area contributed by atoms with E-state index in [9.17, 15) is 13.2 Å². The maximum absolute atomic E-state index is 12.7. The highest BCUT2D eigenvalue weighted by molar-refractivity contribution is 7.91. The number of methoxy groups -OCH3 is 2. The fourth-order valence-electron chi connectivity index (χ4n) is 3.04. The molecule has 27 heavy (non-hydrogen) atoms. The molecule has 0 spiro atoms. The van der Waals surface area contributed by atoms with Crippen LogP contribution in [0.25, 0.3) is 0 Å². The molecule has 146 valence electrons. The molecule has 1 atom stereocenters. The Hall–Kier alpha value is -2.10. The monoisotopic (exact) mass is 410 g/mol. The number of nitrogens with zero attached hydrogens (tertiary/aromatic N) is 1. The second-order valence-corrected chi connectivity index (χ2v) is 9.34. The minimum Gasteiger partial charge on any atom is -0.497 e. The lowest BCUT2D eigenvalue weighted by Gasteiger charge is -2.30. The lowest BCUT2D eigenvalue weighted by molar-refractivity contribution is -0.120. The molecule has 1 amide bonds. The zero-order valence-corrected chi connectivity index (χ0v) is 16.8. The van der Waals surface area contributed by atoms with E-state index in [4.69, 9.17) is 9.47 Å². The van der Waals surface area contributed by atoms with Crippen molar-refractivity contribution in [3.05, 3.63) is 35.7 Å². The summed E-state index contributed by atoms with van der Waals surface area (Å²) in [6.07, 6.45) is 1.29. The van der Waals surface area contributed by atoms with E-state index in [1.165, 1.54) is 29.9 Å². The van der Waals surface area contributed by atoms with Gasteiger partial charge in [0.1, 0.15) is 15.7 Å². The van der Waals surface area contributed by atoms with E-state index in [1.54, 1.807) is 35.7 Å². The van der Waals surface area contributed by atoms with Crippen molar-refractivity contribution in [3.63, 3.8) is 0 Å². The fourth-order valence-corrected chi connectivity index (χ4v) is 5.70. The summed E-state index contributed by atoms with van der Waals surface area (Å²) in [6, 6.07) is 8.41. The molecule has 1 aromatic heterocycles. The van der Waals surface area contributed by atoms with Crippen molar-refractivity contribution >= 4 is 33.0 Å². The lowest BCUT2D eigenvalue weighted by atomic mass is 9.98. The summed E-state index contributed by atoms with van der Waals surface area (Å²) in [5.74, 6) is 0.507. The van der Waals surface area contributed by atoms with Crippen LogP contribution in [0, 0.1) is 5.92 Å². The van der Waals surface area contributed by atoms with E-state index in [2.05, 4.69) is 5.32 Å². The second kappa shape index (κ2) is 8.28. The number of amides is 1. The van der Waals surface area contributed by atoms with Gasteiger partial charge in [-0.1, -0.05) is 6.07 Å². The van der Waals surface area contributed by atoms with Crippen molar-refractivity contribution in [2.45, 2.75) is 17.1 Å². The van der Waals surface area contributed by atoms with Gasteiger partial charge in [-0.3, -0.25) is 4.79 Å². The molecule has 2 heterocycles. The van der Waals surface area contributed by atoms with Gasteiger partial charge in [0.25, 0.3) is 10.0 Å². The molecule has 1 fully saturated rings. The Morgan fingerprint density at radius 1 is 1.22 bits per heavy atom. The molecule has 1 saturated heterocycles. The number of piperidine rings is 1.